The fraction of sp³-hybridized carbons (Fsp3) is 0.300. The second kappa shape index (κ2) is 4.09. The van der Waals surface area contributed by atoms with E-state index in [0.717, 1.165) is 6.07 Å². The molecule has 0 aliphatic carbocycles. The van der Waals surface area contributed by atoms with Crippen molar-refractivity contribution < 1.29 is 13.9 Å². The van der Waals surface area contributed by atoms with Crippen LogP contribution in [0.1, 0.15) is 22.8 Å². The first-order valence-electron chi connectivity index (χ1n) is 4.29. The third-order valence-electron chi connectivity index (χ3n) is 1.85. The summed E-state index contributed by atoms with van der Waals surface area (Å²) in [6.07, 6.45) is 0. The van der Waals surface area contributed by atoms with Gasteiger partial charge in [0.1, 0.15) is 5.82 Å². The fourth-order valence-corrected chi connectivity index (χ4v) is 1.06. The second-order valence-corrected chi connectivity index (χ2v) is 2.91. The van der Waals surface area contributed by atoms with Crippen LogP contribution in [0.25, 0.3) is 0 Å². The Balaban J connectivity index is 3.09. The molecule has 1 rings (SSSR count). The summed E-state index contributed by atoms with van der Waals surface area (Å²) in [4.78, 5) is 11.2. The smallest absolute Gasteiger partial charge is 0.341 e. The zero-order chi connectivity index (χ0) is 10.7. The third kappa shape index (κ3) is 2.02. The van der Waals surface area contributed by atoms with E-state index in [9.17, 15) is 9.18 Å². The summed E-state index contributed by atoms with van der Waals surface area (Å²) in [7, 11) is 0. The summed E-state index contributed by atoms with van der Waals surface area (Å²) in [5, 5.41) is 0. The molecule has 0 aliphatic heterocycles. The highest BCUT2D eigenvalue weighted by molar-refractivity contribution is 5.90. The van der Waals surface area contributed by atoms with Gasteiger partial charge in [0.2, 0.25) is 0 Å². The molecular weight excluding hydrogens is 185 g/mol. The number of nitrogens with two attached hydrogens (primary N) is 1. The van der Waals surface area contributed by atoms with Gasteiger partial charge in [0, 0.05) is 5.69 Å². The number of anilines is 1. The number of carbonyl (C=O) groups is 1. The molecule has 76 valence electrons. The van der Waals surface area contributed by atoms with E-state index in [-0.39, 0.29) is 12.2 Å². The summed E-state index contributed by atoms with van der Waals surface area (Å²) < 4.78 is 17.9. The van der Waals surface area contributed by atoms with Crippen LogP contribution in [0.15, 0.2) is 12.1 Å². The molecule has 0 aromatic heterocycles. The van der Waals surface area contributed by atoms with Crippen LogP contribution in [0, 0.1) is 12.7 Å². The van der Waals surface area contributed by atoms with E-state index in [4.69, 9.17) is 5.73 Å². The van der Waals surface area contributed by atoms with Gasteiger partial charge in [0.05, 0.1) is 12.2 Å². The summed E-state index contributed by atoms with van der Waals surface area (Å²) >= 11 is 0. The Morgan fingerprint density at radius 2 is 2.21 bits per heavy atom. The maximum atomic E-state index is 13.2. The van der Waals surface area contributed by atoms with Crippen molar-refractivity contribution in [3.63, 3.8) is 0 Å². The molecule has 0 heterocycles. The molecular formula is C10H12FNO2. The Morgan fingerprint density at radius 1 is 1.57 bits per heavy atom. The molecule has 0 aliphatic rings. The Kier molecular flexibility index (Phi) is 3.06. The lowest BCUT2D eigenvalue weighted by Crippen LogP contribution is -2.08. The van der Waals surface area contributed by atoms with Gasteiger partial charge in [-0.2, -0.15) is 0 Å². The van der Waals surface area contributed by atoms with Gasteiger partial charge in [0.25, 0.3) is 0 Å². The summed E-state index contributed by atoms with van der Waals surface area (Å²) in [6, 6.07) is 2.52. The molecule has 4 heteroatoms. The fourth-order valence-electron chi connectivity index (χ4n) is 1.06. The van der Waals surface area contributed by atoms with Crippen molar-refractivity contribution in [1.82, 2.24) is 0 Å². The molecule has 0 saturated carbocycles. The maximum Gasteiger partial charge on any atom is 0.341 e. The summed E-state index contributed by atoms with van der Waals surface area (Å²) in [5.41, 5.74) is 6.39. The lowest BCUT2D eigenvalue weighted by molar-refractivity contribution is 0.0521. The third-order valence-corrected chi connectivity index (χ3v) is 1.85. The van der Waals surface area contributed by atoms with Crippen LogP contribution in [0.5, 0.6) is 0 Å². The van der Waals surface area contributed by atoms with Crippen molar-refractivity contribution in [2.75, 3.05) is 12.3 Å². The van der Waals surface area contributed by atoms with Crippen molar-refractivity contribution >= 4 is 11.7 Å². The van der Waals surface area contributed by atoms with Crippen LogP contribution < -0.4 is 5.73 Å². The highest BCUT2D eigenvalue weighted by Gasteiger charge is 2.14. The Hall–Kier alpha value is -1.58. The number of esters is 1. The Labute approximate surface area is 81.7 Å². The van der Waals surface area contributed by atoms with Crippen molar-refractivity contribution in [1.29, 1.82) is 0 Å². The molecule has 0 radical (unpaired) electrons. The number of hydrogen-bond donors (Lipinski definition) is 1. The molecule has 1 aromatic carbocycles. The maximum absolute atomic E-state index is 13.2. The van der Waals surface area contributed by atoms with E-state index in [1.807, 2.05) is 0 Å². The molecule has 0 atom stereocenters. The van der Waals surface area contributed by atoms with Crippen LogP contribution in [0.2, 0.25) is 0 Å². The van der Waals surface area contributed by atoms with E-state index in [0.29, 0.717) is 11.3 Å². The number of carbonyl (C=O) groups excluding carboxylic acids is 1. The minimum absolute atomic E-state index is 0.0708. The van der Waals surface area contributed by atoms with E-state index in [1.54, 1.807) is 13.8 Å². The molecule has 0 spiro atoms. The van der Waals surface area contributed by atoms with Gasteiger partial charge in [-0.25, -0.2) is 9.18 Å². The molecule has 0 unspecified atom stereocenters. The number of rotatable bonds is 2. The highest BCUT2D eigenvalue weighted by Crippen LogP contribution is 2.17. The van der Waals surface area contributed by atoms with Crippen molar-refractivity contribution in [2.45, 2.75) is 13.8 Å². The molecule has 14 heavy (non-hydrogen) atoms. The van der Waals surface area contributed by atoms with Crippen LogP contribution in [0.4, 0.5) is 10.1 Å². The first kappa shape index (κ1) is 10.5. The summed E-state index contributed by atoms with van der Waals surface area (Å²) in [6.45, 7) is 3.60. The average Bonchev–Trinajstić information content (AvgIpc) is 2.11. The van der Waals surface area contributed by atoms with E-state index >= 15 is 0 Å². The highest BCUT2D eigenvalue weighted by atomic mass is 19.1. The van der Waals surface area contributed by atoms with Crippen molar-refractivity contribution in [3.05, 3.63) is 29.1 Å². The molecule has 1 aromatic rings. The minimum atomic E-state index is -0.659. The number of hydrogen-bond acceptors (Lipinski definition) is 3. The first-order valence-corrected chi connectivity index (χ1v) is 4.29. The van der Waals surface area contributed by atoms with Crippen LogP contribution in [-0.4, -0.2) is 12.6 Å². The van der Waals surface area contributed by atoms with Crippen molar-refractivity contribution in [2.24, 2.45) is 0 Å². The molecule has 3 nitrogen and oxygen atoms in total. The van der Waals surface area contributed by atoms with Crippen LogP contribution >= 0.6 is 0 Å². The van der Waals surface area contributed by atoms with Crippen LogP contribution in [-0.2, 0) is 4.74 Å². The molecule has 2 N–H and O–H groups in total. The monoisotopic (exact) mass is 197 g/mol. The average molecular weight is 197 g/mol. The molecule has 0 amide bonds. The molecule has 0 bridgehead atoms. The standard InChI is InChI=1S/C10H12FNO2/c1-3-14-10(13)7-4-6(2)9(12)5-8(7)11/h4-5H,3,12H2,1-2H3. The number of halogens is 1. The lowest BCUT2D eigenvalue weighted by Gasteiger charge is -2.06. The first-order chi connectivity index (χ1) is 6.56. The largest absolute Gasteiger partial charge is 0.462 e. The number of aryl methyl sites for hydroxylation is 1. The SMILES string of the molecule is CCOC(=O)c1cc(C)c(N)cc1F. The Bertz CT molecular complexity index is 363. The van der Waals surface area contributed by atoms with Gasteiger partial charge in [-0.1, -0.05) is 0 Å². The topological polar surface area (TPSA) is 52.3 Å². The van der Waals surface area contributed by atoms with Gasteiger partial charge in [-0.3, -0.25) is 0 Å². The molecule has 0 saturated heterocycles. The number of benzene rings is 1. The van der Waals surface area contributed by atoms with E-state index < -0.39 is 11.8 Å². The van der Waals surface area contributed by atoms with Gasteiger partial charge in [0.15, 0.2) is 0 Å². The quantitative estimate of drug-likeness (QED) is 0.581. The number of ether oxygens (including phenoxy) is 1. The van der Waals surface area contributed by atoms with E-state index in [1.165, 1.54) is 6.07 Å². The predicted molar refractivity (Wildman–Crippen MR) is 51.5 cm³/mol. The van der Waals surface area contributed by atoms with Crippen LogP contribution in [0.3, 0.4) is 0 Å². The van der Waals surface area contributed by atoms with E-state index in [2.05, 4.69) is 4.74 Å². The Morgan fingerprint density at radius 3 is 2.79 bits per heavy atom. The zero-order valence-corrected chi connectivity index (χ0v) is 8.13. The molecule has 0 fully saturated rings. The van der Waals surface area contributed by atoms with Crippen molar-refractivity contribution in [3.8, 4) is 0 Å². The lowest BCUT2D eigenvalue weighted by atomic mass is 10.1. The van der Waals surface area contributed by atoms with Gasteiger partial charge >= 0.3 is 5.97 Å². The zero-order valence-electron chi connectivity index (χ0n) is 8.13. The normalized spacial score (nSPS) is 9.93. The van der Waals surface area contributed by atoms with Gasteiger partial charge in [-0.15, -0.1) is 0 Å². The summed E-state index contributed by atoms with van der Waals surface area (Å²) in [5.74, 6) is -1.31. The number of nitrogen functional groups attached to an aromatic ring is 1. The van der Waals surface area contributed by atoms with Gasteiger partial charge < -0.3 is 10.5 Å². The predicted octanol–water partition coefficient (Wildman–Crippen LogP) is 1.89. The minimum Gasteiger partial charge on any atom is -0.462 e. The van der Waals surface area contributed by atoms with Gasteiger partial charge in [-0.05, 0) is 31.5 Å². The second-order valence-electron chi connectivity index (χ2n) is 2.91.